The van der Waals surface area contributed by atoms with Crippen LogP contribution in [0, 0.1) is 5.82 Å². The van der Waals surface area contributed by atoms with Crippen molar-refractivity contribution in [3.05, 3.63) is 52.3 Å². The summed E-state index contributed by atoms with van der Waals surface area (Å²) in [5.74, 6) is -6.64. The number of alkyl halides is 4. The van der Waals surface area contributed by atoms with Crippen LogP contribution in [0.2, 0.25) is 0 Å². The molecule has 1 saturated heterocycles. The van der Waals surface area contributed by atoms with Crippen molar-refractivity contribution in [1.29, 1.82) is 0 Å². The number of aliphatic hydroxyl groups excluding tert-OH is 1. The number of aromatic nitrogens is 2. The highest BCUT2D eigenvalue weighted by Crippen LogP contribution is 2.58. The minimum absolute atomic E-state index is 0.0941. The van der Waals surface area contributed by atoms with Crippen molar-refractivity contribution >= 4 is 24.3 Å². The van der Waals surface area contributed by atoms with Gasteiger partial charge < -0.3 is 20.1 Å². The number of benzene rings is 1. The van der Waals surface area contributed by atoms with E-state index in [1.807, 2.05) is 0 Å². The molecule has 2 aliphatic heterocycles. The molecule has 3 N–H and O–H groups in total. The number of para-hydroxylation sites is 1. The Hall–Kier alpha value is -2.16. The van der Waals surface area contributed by atoms with Crippen LogP contribution in [0.3, 0.4) is 0 Å². The van der Waals surface area contributed by atoms with Crippen LogP contribution in [0.1, 0.15) is 11.8 Å². The fourth-order valence-corrected chi connectivity index (χ4v) is 5.08. The Morgan fingerprint density at radius 3 is 2.79 bits per heavy atom. The molecule has 9 nitrogen and oxygen atoms in total. The second kappa shape index (κ2) is 8.25. The van der Waals surface area contributed by atoms with Gasteiger partial charge in [-0.15, -0.1) is 0 Å². The van der Waals surface area contributed by atoms with E-state index in [2.05, 4.69) is 4.98 Å². The van der Waals surface area contributed by atoms with Gasteiger partial charge in [-0.25, -0.2) is 18.0 Å². The maximum Gasteiger partial charge on any atom is 0.381 e. The molecule has 1 aromatic carbocycles. The molecule has 2 aromatic rings. The molecule has 4 atom stereocenters. The number of hydrogen-bond acceptors (Lipinski definition) is 9. The minimum Gasteiger partial charge on any atom is -0.424 e. The summed E-state index contributed by atoms with van der Waals surface area (Å²) in [4.78, 5) is 15.0. The van der Waals surface area contributed by atoms with E-state index in [-0.39, 0.29) is 16.9 Å². The molecule has 1 aromatic heterocycles. The third-order valence-electron chi connectivity index (χ3n) is 5.10. The number of nitrogen functional groups attached to an aromatic ring is 1. The van der Waals surface area contributed by atoms with E-state index in [4.69, 9.17) is 35.8 Å². The van der Waals surface area contributed by atoms with Gasteiger partial charge in [0.2, 0.25) is 5.60 Å². The lowest BCUT2D eigenvalue weighted by atomic mass is 9.95. The first-order chi connectivity index (χ1) is 15.4. The number of rotatable bonds is 5. The largest absolute Gasteiger partial charge is 0.424 e. The Morgan fingerprint density at radius 1 is 1.39 bits per heavy atom. The van der Waals surface area contributed by atoms with Crippen molar-refractivity contribution in [2.45, 2.75) is 36.9 Å². The van der Waals surface area contributed by atoms with E-state index in [0.717, 1.165) is 0 Å². The Balaban J connectivity index is 1.65. The first kappa shape index (κ1) is 24.0. The summed E-state index contributed by atoms with van der Waals surface area (Å²) in [5.41, 5.74) is 0.498. The molecule has 16 heteroatoms. The summed E-state index contributed by atoms with van der Waals surface area (Å²) in [5, 5.41) is 10.1. The Kier molecular flexibility index (Phi) is 6.00. The molecular formula is C17H15F5N3O6PS. The topological polar surface area (TPSA) is 118 Å². The van der Waals surface area contributed by atoms with Gasteiger partial charge in [0.05, 0.1) is 19.4 Å². The average molecular weight is 515 g/mol. The average Bonchev–Trinajstić information content (AvgIpc) is 2.96. The lowest BCUT2D eigenvalue weighted by molar-refractivity contribution is -0.242. The number of hydrogen-bond donors (Lipinski definition) is 2. The zero-order valence-electron chi connectivity index (χ0n) is 16.2. The van der Waals surface area contributed by atoms with E-state index in [0.29, 0.717) is 11.8 Å². The zero-order valence-corrected chi connectivity index (χ0v) is 17.9. The van der Waals surface area contributed by atoms with E-state index in [9.17, 15) is 31.9 Å². The molecule has 0 aliphatic carbocycles. The second-order valence-corrected chi connectivity index (χ2v) is 10.1. The third-order valence-corrected chi connectivity index (χ3v) is 7.26. The smallest absolute Gasteiger partial charge is 0.381 e. The second-order valence-electron chi connectivity index (χ2n) is 7.12. The highest BCUT2D eigenvalue weighted by Gasteiger charge is 2.74. The van der Waals surface area contributed by atoms with E-state index in [1.54, 1.807) is 18.2 Å². The molecule has 33 heavy (non-hydrogen) atoms. The summed E-state index contributed by atoms with van der Waals surface area (Å²) in [6, 6.07) is 6.41. The van der Waals surface area contributed by atoms with Gasteiger partial charge in [-0.1, -0.05) is 18.2 Å². The number of ether oxygens (including phenoxy) is 1. The van der Waals surface area contributed by atoms with E-state index in [1.165, 1.54) is 6.07 Å². The molecule has 0 amide bonds. The lowest BCUT2D eigenvalue weighted by Crippen LogP contribution is -2.57. The lowest BCUT2D eigenvalue weighted by Gasteiger charge is -2.35. The zero-order chi connectivity index (χ0) is 24.2. The molecule has 4 rings (SSSR count). The monoisotopic (exact) mass is 515 g/mol. The molecule has 4 unspecified atom stereocenters. The molecule has 2 aliphatic rings. The first-order valence-corrected chi connectivity index (χ1v) is 11.7. The molecule has 0 saturated carbocycles. The van der Waals surface area contributed by atoms with Gasteiger partial charge in [0.1, 0.15) is 5.75 Å². The van der Waals surface area contributed by atoms with Crippen LogP contribution >= 0.6 is 6.72 Å². The van der Waals surface area contributed by atoms with Crippen LogP contribution < -0.4 is 15.9 Å². The Bertz CT molecular complexity index is 1190. The maximum absolute atomic E-state index is 15.0. The van der Waals surface area contributed by atoms with Gasteiger partial charge in [0.15, 0.2) is 24.0 Å². The Labute approximate surface area is 187 Å². The van der Waals surface area contributed by atoms with Crippen molar-refractivity contribution in [2.75, 3.05) is 12.3 Å². The molecule has 1 fully saturated rings. The van der Waals surface area contributed by atoms with Gasteiger partial charge >= 0.3 is 18.3 Å². The number of fused-ring (bicyclic) bond motifs is 1. The molecular weight excluding hydrogens is 500 g/mol. The summed E-state index contributed by atoms with van der Waals surface area (Å²) in [6.45, 7) is -5.53. The van der Waals surface area contributed by atoms with Crippen LogP contribution in [0.4, 0.5) is 27.8 Å². The Morgan fingerprint density at radius 2 is 2.09 bits per heavy atom. The van der Waals surface area contributed by atoms with Gasteiger partial charge in [-0.3, -0.25) is 13.6 Å². The van der Waals surface area contributed by atoms with Gasteiger partial charge in [0.25, 0.3) is 6.43 Å². The summed E-state index contributed by atoms with van der Waals surface area (Å²) >= 11 is 5.09. The van der Waals surface area contributed by atoms with Gasteiger partial charge in [0, 0.05) is 17.4 Å². The summed E-state index contributed by atoms with van der Waals surface area (Å²) in [6.07, 6.45) is -9.09. The predicted molar refractivity (Wildman–Crippen MR) is 105 cm³/mol. The number of nitrogens with two attached hydrogens (primary N) is 1. The molecule has 0 radical (unpaired) electrons. The van der Waals surface area contributed by atoms with Crippen molar-refractivity contribution in [2.24, 2.45) is 0 Å². The highest BCUT2D eigenvalue weighted by molar-refractivity contribution is 8.07. The molecule has 0 bridgehead atoms. The van der Waals surface area contributed by atoms with Crippen molar-refractivity contribution in [1.82, 2.24) is 9.55 Å². The van der Waals surface area contributed by atoms with Crippen LogP contribution in [-0.4, -0.2) is 45.3 Å². The molecule has 3 heterocycles. The van der Waals surface area contributed by atoms with Gasteiger partial charge in [-0.05, 0) is 6.07 Å². The number of aliphatic hydroxyl groups is 1. The standard InChI is InChI=1S/C17H15F5N3O6PS/c18-9-5-25(15(27)24-12(9)23)13-11(26)17(21,22)16(30-13,14(19)20)7-29-32(33)28-6-8-3-1-2-4-10(8)31-32/h1-5,11,13-14,26H,6-7H2,(H2,23,24,27). The molecule has 180 valence electrons. The highest BCUT2D eigenvalue weighted by atomic mass is 32.5. The minimum atomic E-state index is -4.69. The maximum atomic E-state index is 15.0. The number of halogens is 5. The van der Waals surface area contributed by atoms with Crippen LogP contribution in [-0.2, 0) is 32.2 Å². The number of anilines is 1. The SMILES string of the molecule is Nc1nc(=O)n(C2OC(COP3(=S)OCc4ccccc4O3)(C(F)F)C(F)(F)C2O)cc1F. The van der Waals surface area contributed by atoms with Crippen LogP contribution in [0.15, 0.2) is 35.3 Å². The van der Waals surface area contributed by atoms with Crippen LogP contribution in [0.25, 0.3) is 0 Å². The van der Waals surface area contributed by atoms with Crippen molar-refractivity contribution in [3.63, 3.8) is 0 Å². The fourth-order valence-electron chi connectivity index (χ4n) is 3.27. The van der Waals surface area contributed by atoms with E-state index < -0.39 is 60.9 Å². The fraction of sp³-hybridized carbons (Fsp3) is 0.412. The van der Waals surface area contributed by atoms with Crippen molar-refractivity contribution < 1.29 is 45.4 Å². The normalized spacial score (nSPS) is 30.8. The summed E-state index contributed by atoms with van der Waals surface area (Å²) < 4.78 is 92.4. The molecule has 0 spiro atoms. The van der Waals surface area contributed by atoms with E-state index >= 15 is 0 Å². The quantitative estimate of drug-likeness (QED) is 0.457. The predicted octanol–water partition coefficient (Wildman–Crippen LogP) is 2.34. The van der Waals surface area contributed by atoms with Crippen LogP contribution in [0.5, 0.6) is 5.75 Å². The first-order valence-electron chi connectivity index (χ1n) is 9.13. The van der Waals surface area contributed by atoms with Crippen molar-refractivity contribution in [3.8, 4) is 5.75 Å². The third kappa shape index (κ3) is 3.92. The number of nitrogens with zero attached hydrogens (tertiary/aromatic N) is 2. The van der Waals surface area contributed by atoms with Gasteiger partial charge in [-0.2, -0.15) is 13.8 Å². The summed E-state index contributed by atoms with van der Waals surface area (Å²) in [7, 11) is 0.